The zero-order valence-corrected chi connectivity index (χ0v) is 10.6. The van der Waals surface area contributed by atoms with Crippen LogP contribution in [0.4, 0.5) is 5.95 Å². The average Bonchev–Trinajstić information content (AvgIpc) is 2.86. The van der Waals surface area contributed by atoms with Crippen LogP contribution in [-0.4, -0.2) is 19.6 Å². The van der Waals surface area contributed by atoms with Gasteiger partial charge < -0.3 is 5.73 Å². The first-order valence-corrected chi connectivity index (χ1v) is 6.28. The van der Waals surface area contributed by atoms with Gasteiger partial charge in [0.25, 0.3) is 0 Å². The number of fused-ring (bicyclic) bond motifs is 2. The fourth-order valence-corrected chi connectivity index (χ4v) is 2.34. The van der Waals surface area contributed by atoms with E-state index in [1.54, 1.807) is 4.52 Å². The molecule has 3 heterocycles. The van der Waals surface area contributed by atoms with E-state index in [-0.39, 0.29) is 5.95 Å². The summed E-state index contributed by atoms with van der Waals surface area (Å²) in [5.41, 5.74) is 9.12. The van der Waals surface area contributed by atoms with Crippen molar-refractivity contribution in [3.63, 3.8) is 0 Å². The maximum absolute atomic E-state index is 5.66. The van der Waals surface area contributed by atoms with Gasteiger partial charge in [0.05, 0.1) is 11.2 Å². The number of nitrogen functional groups attached to an aromatic ring is 1. The van der Waals surface area contributed by atoms with Gasteiger partial charge in [0.2, 0.25) is 5.95 Å². The van der Waals surface area contributed by atoms with Gasteiger partial charge in [-0.2, -0.15) is 4.98 Å². The second-order valence-electron chi connectivity index (χ2n) is 4.55. The fraction of sp³-hybridized carbons (Fsp3) is 0. The zero-order valence-electron chi connectivity index (χ0n) is 10.6. The smallest absolute Gasteiger partial charge is 0.240 e. The highest BCUT2D eigenvalue weighted by atomic mass is 15.3. The van der Waals surface area contributed by atoms with Crippen molar-refractivity contribution >= 4 is 22.5 Å². The molecule has 0 amide bonds. The van der Waals surface area contributed by atoms with E-state index in [9.17, 15) is 0 Å². The molecule has 0 radical (unpaired) electrons. The Morgan fingerprint density at radius 2 is 1.80 bits per heavy atom. The second-order valence-corrected chi connectivity index (χ2v) is 4.55. The van der Waals surface area contributed by atoms with Gasteiger partial charge in [-0.3, -0.25) is 0 Å². The molecule has 4 aromatic rings. The molecule has 0 aliphatic carbocycles. The molecule has 0 unspecified atom stereocenters. The maximum atomic E-state index is 5.66. The minimum atomic E-state index is 0.262. The zero-order chi connectivity index (χ0) is 13.5. The third-order valence-corrected chi connectivity index (χ3v) is 3.25. The summed E-state index contributed by atoms with van der Waals surface area (Å²) < 4.78 is 1.67. The Labute approximate surface area is 114 Å². The van der Waals surface area contributed by atoms with Crippen LogP contribution < -0.4 is 5.73 Å². The number of aromatic nitrogens is 4. The molecule has 0 atom stereocenters. The fourth-order valence-electron chi connectivity index (χ4n) is 2.34. The molecule has 5 nitrogen and oxygen atoms in total. The molecule has 20 heavy (non-hydrogen) atoms. The van der Waals surface area contributed by atoms with Crippen LogP contribution in [0.2, 0.25) is 0 Å². The van der Waals surface area contributed by atoms with Crippen molar-refractivity contribution in [2.24, 2.45) is 0 Å². The normalized spacial score (nSPS) is 11.2. The van der Waals surface area contributed by atoms with Gasteiger partial charge in [-0.1, -0.05) is 24.3 Å². The molecule has 0 saturated heterocycles. The summed E-state index contributed by atoms with van der Waals surface area (Å²) in [7, 11) is 0. The van der Waals surface area contributed by atoms with Crippen LogP contribution in [0.5, 0.6) is 0 Å². The van der Waals surface area contributed by atoms with Crippen LogP contribution in [0.15, 0.2) is 54.7 Å². The summed E-state index contributed by atoms with van der Waals surface area (Å²) in [5, 5.41) is 5.23. The van der Waals surface area contributed by atoms with E-state index >= 15 is 0 Å². The number of anilines is 1. The molecule has 0 aliphatic heterocycles. The van der Waals surface area contributed by atoms with Crippen molar-refractivity contribution in [1.29, 1.82) is 0 Å². The highest BCUT2D eigenvalue weighted by molar-refractivity contribution is 5.84. The second kappa shape index (κ2) is 4.03. The topological polar surface area (TPSA) is 69.1 Å². The molecular formula is C15H11N5. The molecule has 4 rings (SSSR count). The Bertz CT molecular complexity index is 926. The molecule has 0 aliphatic rings. The molecule has 1 aromatic carbocycles. The van der Waals surface area contributed by atoms with E-state index in [0.29, 0.717) is 5.65 Å². The van der Waals surface area contributed by atoms with E-state index in [2.05, 4.69) is 21.1 Å². The van der Waals surface area contributed by atoms with Crippen LogP contribution >= 0.6 is 0 Å². The summed E-state index contributed by atoms with van der Waals surface area (Å²) >= 11 is 0. The molecule has 0 fully saturated rings. The molecular weight excluding hydrogens is 250 g/mol. The third kappa shape index (κ3) is 1.60. The van der Waals surface area contributed by atoms with E-state index in [0.717, 1.165) is 22.2 Å². The largest absolute Gasteiger partial charge is 0.366 e. The molecule has 0 spiro atoms. The number of benzene rings is 1. The van der Waals surface area contributed by atoms with Gasteiger partial charge in [-0.05, 0) is 24.3 Å². The number of para-hydroxylation sites is 1. The van der Waals surface area contributed by atoms with Gasteiger partial charge in [-0.25, -0.2) is 9.50 Å². The van der Waals surface area contributed by atoms with Crippen LogP contribution in [0.3, 0.4) is 0 Å². The van der Waals surface area contributed by atoms with E-state index < -0.39 is 0 Å². The molecule has 3 aromatic heterocycles. The third-order valence-electron chi connectivity index (χ3n) is 3.25. The standard InChI is InChI=1S/C15H11N5/c16-15-18-14-11(5-3-9-20(14)19-15)13-8-7-10-4-1-2-6-12(10)17-13/h1-9H,(H2,16,19). The van der Waals surface area contributed by atoms with Crippen molar-refractivity contribution < 1.29 is 0 Å². The van der Waals surface area contributed by atoms with Crippen molar-refractivity contribution in [3.8, 4) is 11.3 Å². The number of nitrogens with zero attached hydrogens (tertiary/aromatic N) is 4. The monoisotopic (exact) mass is 261 g/mol. The molecule has 96 valence electrons. The summed E-state index contributed by atoms with van der Waals surface area (Å²) in [6, 6.07) is 16.0. The Morgan fingerprint density at radius 3 is 2.75 bits per heavy atom. The van der Waals surface area contributed by atoms with E-state index in [1.165, 1.54) is 0 Å². The Morgan fingerprint density at radius 1 is 0.900 bits per heavy atom. The van der Waals surface area contributed by atoms with E-state index in [4.69, 9.17) is 5.73 Å². The number of pyridine rings is 2. The Kier molecular flexibility index (Phi) is 2.20. The lowest BCUT2D eigenvalue weighted by Gasteiger charge is -2.04. The van der Waals surface area contributed by atoms with Gasteiger partial charge >= 0.3 is 0 Å². The van der Waals surface area contributed by atoms with Crippen LogP contribution in [-0.2, 0) is 0 Å². The number of rotatable bonds is 1. The van der Waals surface area contributed by atoms with Crippen molar-refractivity contribution in [2.75, 3.05) is 5.73 Å². The first-order chi connectivity index (χ1) is 9.81. The summed E-state index contributed by atoms with van der Waals surface area (Å²) in [4.78, 5) is 8.94. The minimum Gasteiger partial charge on any atom is -0.366 e. The van der Waals surface area contributed by atoms with Gasteiger partial charge in [0.1, 0.15) is 0 Å². The molecule has 0 saturated carbocycles. The number of hydrogen-bond donors (Lipinski definition) is 1. The lowest BCUT2D eigenvalue weighted by Crippen LogP contribution is -1.91. The summed E-state index contributed by atoms with van der Waals surface area (Å²) in [5.74, 6) is 0.262. The van der Waals surface area contributed by atoms with Crippen LogP contribution in [0.1, 0.15) is 0 Å². The highest BCUT2D eigenvalue weighted by Gasteiger charge is 2.09. The Hall–Kier alpha value is -2.95. The first-order valence-electron chi connectivity index (χ1n) is 6.28. The predicted molar refractivity (Wildman–Crippen MR) is 78.1 cm³/mol. The van der Waals surface area contributed by atoms with Crippen molar-refractivity contribution in [1.82, 2.24) is 19.6 Å². The average molecular weight is 261 g/mol. The van der Waals surface area contributed by atoms with Gasteiger partial charge in [-0.15, -0.1) is 5.10 Å². The quantitative estimate of drug-likeness (QED) is 0.571. The Balaban J connectivity index is 2.00. The van der Waals surface area contributed by atoms with Gasteiger partial charge in [0.15, 0.2) is 5.65 Å². The number of nitrogens with two attached hydrogens (primary N) is 1. The van der Waals surface area contributed by atoms with Crippen LogP contribution in [0.25, 0.3) is 27.8 Å². The highest BCUT2D eigenvalue weighted by Crippen LogP contribution is 2.24. The lowest BCUT2D eigenvalue weighted by molar-refractivity contribution is 0.968. The van der Waals surface area contributed by atoms with Crippen LogP contribution in [0, 0.1) is 0 Å². The SMILES string of the molecule is Nc1nc2c(-c3ccc4ccccc4n3)cccn2n1. The van der Waals surface area contributed by atoms with E-state index in [1.807, 2.05) is 48.7 Å². The molecule has 5 heteroatoms. The summed E-state index contributed by atoms with van der Waals surface area (Å²) in [6.07, 6.45) is 1.82. The molecule has 0 bridgehead atoms. The lowest BCUT2D eigenvalue weighted by atomic mass is 10.1. The van der Waals surface area contributed by atoms with Gasteiger partial charge in [0, 0.05) is 17.1 Å². The number of hydrogen-bond acceptors (Lipinski definition) is 4. The minimum absolute atomic E-state index is 0.262. The first kappa shape index (κ1) is 10.9. The van der Waals surface area contributed by atoms with Crippen molar-refractivity contribution in [3.05, 3.63) is 54.7 Å². The molecule has 2 N–H and O–H groups in total. The summed E-state index contributed by atoms with van der Waals surface area (Å²) in [6.45, 7) is 0. The predicted octanol–water partition coefficient (Wildman–Crippen LogP) is 2.53. The maximum Gasteiger partial charge on any atom is 0.240 e. The van der Waals surface area contributed by atoms with Crippen molar-refractivity contribution in [2.45, 2.75) is 0 Å².